The standard InChI is InChI=1S/C28H55F2N3O5Si3/c1-25(2,3)39(10,11)35-18-28(23(29)30)21(38-41(14,15)27(7,8)9)20(37-40(12,13)26(4,5)6)22(36-28)33-17-16-19(31)32-24(33)34/h16-17,20-23H,18H2,1-15H3,(H2,31,32,34)/t20-,21-,22+,28+/m0/s1. The van der Waals surface area contributed by atoms with E-state index in [2.05, 4.69) is 67.3 Å². The largest absolute Gasteiger partial charge is 0.414 e. The first kappa shape index (κ1) is 36.2. The highest BCUT2D eigenvalue weighted by Gasteiger charge is 2.66. The Morgan fingerprint density at radius 1 is 0.927 bits per heavy atom. The third-order valence-electron chi connectivity index (χ3n) is 9.83. The van der Waals surface area contributed by atoms with Gasteiger partial charge in [0.05, 0.1) is 6.61 Å². The van der Waals surface area contributed by atoms with Gasteiger partial charge in [-0.15, -0.1) is 0 Å². The number of nitrogens with zero attached hydrogens (tertiary/aromatic N) is 2. The van der Waals surface area contributed by atoms with Gasteiger partial charge in [-0.1, -0.05) is 62.3 Å². The van der Waals surface area contributed by atoms with Gasteiger partial charge in [0.1, 0.15) is 18.0 Å². The lowest BCUT2D eigenvalue weighted by atomic mass is 9.96. The quantitative estimate of drug-likeness (QED) is 0.288. The van der Waals surface area contributed by atoms with Gasteiger partial charge in [-0.25, -0.2) is 13.6 Å². The normalized spacial score (nSPS) is 25.3. The lowest BCUT2D eigenvalue weighted by molar-refractivity contribution is -0.191. The van der Waals surface area contributed by atoms with Gasteiger partial charge in [0.2, 0.25) is 0 Å². The number of nitrogens with two attached hydrogens (primary N) is 1. The zero-order valence-corrected chi connectivity index (χ0v) is 30.9. The van der Waals surface area contributed by atoms with E-state index in [9.17, 15) is 4.79 Å². The Bertz CT molecular complexity index is 1130. The highest BCUT2D eigenvalue weighted by Crippen LogP contribution is 2.51. The van der Waals surface area contributed by atoms with Crippen molar-refractivity contribution < 1.29 is 26.8 Å². The maximum absolute atomic E-state index is 15.7. The van der Waals surface area contributed by atoms with E-state index in [1.54, 1.807) is 0 Å². The first-order chi connectivity index (χ1) is 18.1. The fourth-order valence-corrected chi connectivity index (χ4v) is 7.40. The van der Waals surface area contributed by atoms with Crippen LogP contribution < -0.4 is 11.4 Å². The van der Waals surface area contributed by atoms with Crippen LogP contribution in [0.3, 0.4) is 0 Å². The molecule has 13 heteroatoms. The molecule has 1 aromatic rings. The molecule has 0 radical (unpaired) electrons. The predicted octanol–water partition coefficient (Wildman–Crippen LogP) is 7.16. The molecule has 1 aliphatic rings. The topological polar surface area (TPSA) is 97.8 Å². The number of alkyl halides is 2. The van der Waals surface area contributed by atoms with Crippen LogP contribution in [-0.4, -0.2) is 65.3 Å². The molecule has 4 atom stereocenters. The summed E-state index contributed by atoms with van der Waals surface area (Å²) in [6.07, 6.45) is -5.02. The number of halogens is 2. The first-order valence-electron chi connectivity index (χ1n) is 14.4. The summed E-state index contributed by atoms with van der Waals surface area (Å²) in [5.74, 6) is 0.0292. The van der Waals surface area contributed by atoms with Crippen LogP contribution in [0.4, 0.5) is 14.6 Å². The van der Waals surface area contributed by atoms with Crippen molar-refractivity contribution in [3.63, 3.8) is 0 Å². The molecule has 1 saturated heterocycles. The van der Waals surface area contributed by atoms with Gasteiger partial charge in [-0.05, 0) is 60.5 Å². The summed E-state index contributed by atoms with van der Waals surface area (Å²) < 4.78 is 59.2. The molecule has 0 saturated carbocycles. The summed E-state index contributed by atoms with van der Waals surface area (Å²) in [5, 5.41) is -0.767. The van der Waals surface area contributed by atoms with Crippen LogP contribution in [-0.2, 0) is 18.0 Å². The van der Waals surface area contributed by atoms with E-state index in [0.29, 0.717) is 0 Å². The van der Waals surface area contributed by atoms with Gasteiger partial charge in [0.25, 0.3) is 6.43 Å². The molecule has 0 bridgehead atoms. The minimum absolute atomic E-state index is 0.0292. The molecule has 2 rings (SSSR count). The Morgan fingerprint density at radius 2 is 1.39 bits per heavy atom. The van der Waals surface area contributed by atoms with E-state index >= 15 is 8.78 Å². The average molecular weight is 636 g/mol. The Morgan fingerprint density at radius 3 is 1.80 bits per heavy atom. The minimum atomic E-state index is -2.99. The van der Waals surface area contributed by atoms with Crippen LogP contribution in [0.25, 0.3) is 0 Å². The SMILES string of the molecule is CC(C)(C)[Si](C)(C)OC[C@@]1(C(F)F)O[C@@H](n2ccc(N)nc2=O)[C@@H](O[Si](C)(C)C(C)(C)C)[C@@H]1O[Si](C)(C)C(C)(C)C. The summed E-state index contributed by atoms with van der Waals surface area (Å²) in [4.78, 5) is 17.0. The second kappa shape index (κ2) is 11.5. The number of hydrogen-bond acceptors (Lipinski definition) is 7. The highest BCUT2D eigenvalue weighted by atomic mass is 28.4. The van der Waals surface area contributed by atoms with Gasteiger partial charge in [-0.3, -0.25) is 4.57 Å². The molecule has 0 aliphatic carbocycles. The van der Waals surface area contributed by atoms with E-state index in [-0.39, 0.29) is 20.9 Å². The Hall–Kier alpha value is -0.969. The van der Waals surface area contributed by atoms with Crippen molar-refractivity contribution >= 4 is 30.8 Å². The van der Waals surface area contributed by atoms with E-state index < -0.39 is 67.7 Å². The molecule has 1 aromatic heterocycles. The monoisotopic (exact) mass is 635 g/mol. The third kappa shape index (κ3) is 7.40. The van der Waals surface area contributed by atoms with Gasteiger partial charge in [-0.2, -0.15) is 4.98 Å². The lowest BCUT2D eigenvalue weighted by Gasteiger charge is -2.46. The molecule has 1 fully saturated rings. The van der Waals surface area contributed by atoms with Crippen LogP contribution in [0.5, 0.6) is 0 Å². The Labute approximate surface area is 249 Å². The molecule has 2 heterocycles. The Balaban J connectivity index is 2.87. The van der Waals surface area contributed by atoms with Crippen LogP contribution in [0.1, 0.15) is 68.5 Å². The first-order valence-corrected chi connectivity index (χ1v) is 23.1. The fraction of sp³-hybridized carbons (Fsp3) is 0.857. The predicted molar refractivity (Wildman–Crippen MR) is 169 cm³/mol. The van der Waals surface area contributed by atoms with Gasteiger partial charge in [0, 0.05) is 6.20 Å². The smallest absolute Gasteiger partial charge is 0.351 e. The second-order valence-corrected chi connectivity index (χ2v) is 30.3. The molecular formula is C28H55F2N3O5Si3. The van der Waals surface area contributed by atoms with Gasteiger partial charge >= 0.3 is 5.69 Å². The Kier molecular flexibility index (Phi) is 10.2. The molecular weight excluding hydrogens is 581 g/mol. The lowest BCUT2D eigenvalue weighted by Crippen LogP contribution is -2.61. The van der Waals surface area contributed by atoms with E-state index in [1.807, 2.05) is 39.3 Å². The van der Waals surface area contributed by atoms with E-state index in [0.717, 1.165) is 0 Å². The molecule has 0 aromatic carbocycles. The molecule has 238 valence electrons. The number of hydrogen-bond donors (Lipinski definition) is 1. The van der Waals surface area contributed by atoms with Crippen molar-refractivity contribution in [1.29, 1.82) is 0 Å². The number of ether oxygens (including phenoxy) is 1. The fourth-order valence-electron chi connectivity index (χ4n) is 3.78. The third-order valence-corrected chi connectivity index (χ3v) is 23.2. The van der Waals surface area contributed by atoms with Crippen LogP contribution in [0.15, 0.2) is 17.1 Å². The number of anilines is 1. The number of nitrogen functional groups attached to an aromatic ring is 1. The summed E-state index contributed by atoms with van der Waals surface area (Å²) in [6, 6.07) is 1.45. The van der Waals surface area contributed by atoms with Crippen molar-refractivity contribution in [1.82, 2.24) is 9.55 Å². The van der Waals surface area contributed by atoms with Crippen molar-refractivity contribution in [2.24, 2.45) is 0 Å². The second-order valence-electron chi connectivity index (χ2n) is 16.0. The molecule has 8 nitrogen and oxygen atoms in total. The van der Waals surface area contributed by atoms with Gasteiger partial charge in [0.15, 0.2) is 36.8 Å². The van der Waals surface area contributed by atoms with E-state index in [1.165, 1.54) is 16.8 Å². The molecule has 0 amide bonds. The van der Waals surface area contributed by atoms with Crippen LogP contribution in [0.2, 0.25) is 54.4 Å². The maximum Gasteiger partial charge on any atom is 0.351 e. The number of rotatable bonds is 9. The van der Waals surface area contributed by atoms with Crippen molar-refractivity contribution in [3.05, 3.63) is 22.7 Å². The molecule has 0 unspecified atom stereocenters. The average Bonchev–Trinajstić information content (AvgIpc) is 3.03. The summed E-state index contributed by atoms with van der Waals surface area (Å²) in [5.41, 5.74) is 2.87. The molecule has 0 spiro atoms. The summed E-state index contributed by atoms with van der Waals surface area (Å²) in [7, 11) is -7.78. The molecule has 2 N–H and O–H groups in total. The zero-order chi connectivity index (χ0) is 32.2. The zero-order valence-electron chi connectivity index (χ0n) is 27.9. The number of aromatic nitrogens is 2. The summed E-state index contributed by atoms with van der Waals surface area (Å²) >= 11 is 0. The molecule has 1 aliphatic heterocycles. The van der Waals surface area contributed by atoms with Crippen molar-refractivity contribution in [3.8, 4) is 0 Å². The maximum atomic E-state index is 15.7. The van der Waals surface area contributed by atoms with Gasteiger partial charge < -0.3 is 23.7 Å². The van der Waals surface area contributed by atoms with Crippen LogP contribution in [0, 0.1) is 0 Å². The highest BCUT2D eigenvalue weighted by molar-refractivity contribution is 6.75. The molecule has 41 heavy (non-hydrogen) atoms. The minimum Gasteiger partial charge on any atom is -0.414 e. The summed E-state index contributed by atoms with van der Waals surface area (Å²) in [6.45, 7) is 30.3. The van der Waals surface area contributed by atoms with Crippen molar-refractivity contribution in [2.75, 3.05) is 12.3 Å². The van der Waals surface area contributed by atoms with Crippen molar-refractivity contribution in [2.45, 2.75) is 147 Å². The van der Waals surface area contributed by atoms with E-state index in [4.69, 9.17) is 23.7 Å². The van der Waals surface area contributed by atoms with Crippen LogP contribution >= 0.6 is 0 Å².